The van der Waals surface area contributed by atoms with Gasteiger partial charge in [-0.3, -0.25) is 0 Å². The molecule has 3 N–H and O–H groups in total. The first-order valence-corrected chi connectivity index (χ1v) is 4.00. The van der Waals surface area contributed by atoms with Gasteiger partial charge in [0.15, 0.2) is 0 Å². The van der Waals surface area contributed by atoms with Crippen LogP contribution in [-0.4, -0.2) is 17.3 Å². The molecular formula is C8H17NO. The summed E-state index contributed by atoms with van der Waals surface area (Å²) in [5.74, 6) is 1.40. The van der Waals surface area contributed by atoms with E-state index < -0.39 is 5.60 Å². The van der Waals surface area contributed by atoms with Crippen molar-refractivity contribution in [2.75, 3.05) is 6.54 Å². The number of hydrogen-bond donors (Lipinski definition) is 2. The molecule has 1 saturated carbocycles. The summed E-state index contributed by atoms with van der Waals surface area (Å²) in [6, 6.07) is 0. The van der Waals surface area contributed by atoms with Crippen LogP contribution in [0.2, 0.25) is 0 Å². The van der Waals surface area contributed by atoms with E-state index in [1.807, 2.05) is 0 Å². The molecular weight excluding hydrogens is 126 g/mol. The van der Waals surface area contributed by atoms with Gasteiger partial charge in [0.2, 0.25) is 0 Å². The Morgan fingerprint density at radius 1 is 1.60 bits per heavy atom. The summed E-state index contributed by atoms with van der Waals surface area (Å²) >= 11 is 0. The Kier molecular flexibility index (Phi) is 2.02. The molecule has 2 heteroatoms. The van der Waals surface area contributed by atoms with E-state index in [0.29, 0.717) is 18.4 Å². The molecule has 1 rings (SSSR count). The molecule has 1 aliphatic carbocycles. The van der Waals surface area contributed by atoms with Crippen LogP contribution in [0.25, 0.3) is 0 Å². The van der Waals surface area contributed by atoms with Gasteiger partial charge in [-0.2, -0.15) is 0 Å². The van der Waals surface area contributed by atoms with Crippen molar-refractivity contribution in [3.63, 3.8) is 0 Å². The molecule has 0 aliphatic heterocycles. The largest absolute Gasteiger partial charge is 0.389 e. The van der Waals surface area contributed by atoms with Crippen LogP contribution in [0, 0.1) is 11.8 Å². The predicted octanol–water partition coefficient (Wildman–Crippen LogP) is 0.742. The van der Waals surface area contributed by atoms with E-state index >= 15 is 0 Å². The minimum absolute atomic E-state index is 0.427. The quantitative estimate of drug-likeness (QED) is 0.599. The van der Waals surface area contributed by atoms with E-state index in [4.69, 9.17) is 5.73 Å². The maximum Gasteiger partial charge on any atom is 0.0774 e. The Labute approximate surface area is 62.4 Å². The average molecular weight is 143 g/mol. The molecule has 0 aromatic carbocycles. The number of nitrogens with two attached hydrogens (primary N) is 1. The van der Waals surface area contributed by atoms with Crippen LogP contribution in [0.1, 0.15) is 26.7 Å². The van der Waals surface area contributed by atoms with Crippen LogP contribution in [0.4, 0.5) is 0 Å². The third-order valence-electron chi connectivity index (χ3n) is 2.61. The van der Waals surface area contributed by atoms with E-state index in [9.17, 15) is 5.11 Å². The van der Waals surface area contributed by atoms with Crippen molar-refractivity contribution < 1.29 is 5.11 Å². The molecule has 10 heavy (non-hydrogen) atoms. The maximum atomic E-state index is 9.51. The lowest BCUT2D eigenvalue weighted by atomic mass is 9.66. The first kappa shape index (κ1) is 8.02. The highest BCUT2D eigenvalue weighted by Gasteiger charge is 2.42. The SMILES string of the molecule is CC(C)[C@H]1C[C@@](O)(CN)C1. The van der Waals surface area contributed by atoms with Crippen molar-refractivity contribution in [3.05, 3.63) is 0 Å². The molecule has 1 aliphatic rings. The van der Waals surface area contributed by atoms with Crippen LogP contribution >= 0.6 is 0 Å². The molecule has 0 amide bonds. The first-order valence-electron chi connectivity index (χ1n) is 4.00. The zero-order valence-corrected chi connectivity index (χ0v) is 6.80. The van der Waals surface area contributed by atoms with Crippen molar-refractivity contribution in [2.24, 2.45) is 17.6 Å². The Bertz CT molecular complexity index is 116. The summed E-state index contributed by atoms with van der Waals surface area (Å²) in [4.78, 5) is 0. The van der Waals surface area contributed by atoms with Crippen molar-refractivity contribution in [1.29, 1.82) is 0 Å². The Morgan fingerprint density at radius 2 is 2.10 bits per heavy atom. The maximum absolute atomic E-state index is 9.51. The number of rotatable bonds is 2. The molecule has 0 aromatic heterocycles. The van der Waals surface area contributed by atoms with Gasteiger partial charge in [-0.05, 0) is 24.7 Å². The van der Waals surface area contributed by atoms with Gasteiger partial charge < -0.3 is 10.8 Å². The fourth-order valence-corrected chi connectivity index (χ4v) is 1.55. The zero-order chi connectivity index (χ0) is 7.78. The smallest absolute Gasteiger partial charge is 0.0774 e. The van der Waals surface area contributed by atoms with Crippen molar-refractivity contribution in [3.8, 4) is 0 Å². The van der Waals surface area contributed by atoms with Gasteiger partial charge >= 0.3 is 0 Å². The van der Waals surface area contributed by atoms with Crippen molar-refractivity contribution in [1.82, 2.24) is 0 Å². The summed E-state index contributed by atoms with van der Waals surface area (Å²) in [6.45, 7) is 4.82. The minimum atomic E-state index is -0.505. The van der Waals surface area contributed by atoms with Crippen LogP contribution in [-0.2, 0) is 0 Å². The minimum Gasteiger partial charge on any atom is -0.389 e. The van der Waals surface area contributed by atoms with Gasteiger partial charge in [-0.15, -0.1) is 0 Å². The van der Waals surface area contributed by atoms with Gasteiger partial charge in [0.1, 0.15) is 0 Å². The highest BCUT2D eigenvalue weighted by atomic mass is 16.3. The summed E-state index contributed by atoms with van der Waals surface area (Å²) in [5.41, 5.74) is 4.88. The predicted molar refractivity (Wildman–Crippen MR) is 41.6 cm³/mol. The van der Waals surface area contributed by atoms with Gasteiger partial charge in [0, 0.05) is 6.54 Å². The third-order valence-corrected chi connectivity index (χ3v) is 2.61. The monoisotopic (exact) mass is 143 g/mol. The fraction of sp³-hybridized carbons (Fsp3) is 1.00. The van der Waals surface area contributed by atoms with E-state index in [1.54, 1.807) is 0 Å². The molecule has 0 radical (unpaired) electrons. The van der Waals surface area contributed by atoms with Gasteiger partial charge in [-0.25, -0.2) is 0 Å². The lowest BCUT2D eigenvalue weighted by Gasteiger charge is -2.45. The number of hydrogen-bond acceptors (Lipinski definition) is 2. The molecule has 60 valence electrons. The van der Waals surface area contributed by atoms with E-state index in [0.717, 1.165) is 12.8 Å². The summed E-state index contributed by atoms with van der Waals surface area (Å²) < 4.78 is 0. The van der Waals surface area contributed by atoms with Gasteiger partial charge in [0.05, 0.1) is 5.60 Å². The normalized spacial score (nSPS) is 39.9. The molecule has 1 fully saturated rings. The molecule has 0 heterocycles. The molecule has 0 spiro atoms. The Hall–Kier alpha value is -0.0800. The molecule has 2 nitrogen and oxygen atoms in total. The van der Waals surface area contributed by atoms with Crippen LogP contribution in [0.5, 0.6) is 0 Å². The van der Waals surface area contributed by atoms with Crippen molar-refractivity contribution in [2.45, 2.75) is 32.3 Å². The van der Waals surface area contributed by atoms with Gasteiger partial charge in [-0.1, -0.05) is 13.8 Å². The molecule has 0 atom stereocenters. The summed E-state index contributed by atoms with van der Waals surface area (Å²) in [7, 11) is 0. The first-order chi connectivity index (χ1) is 4.57. The van der Waals surface area contributed by atoms with Gasteiger partial charge in [0.25, 0.3) is 0 Å². The zero-order valence-electron chi connectivity index (χ0n) is 6.80. The highest BCUT2D eigenvalue weighted by Crippen LogP contribution is 2.41. The Morgan fingerprint density at radius 3 is 2.40 bits per heavy atom. The summed E-state index contributed by atoms with van der Waals surface area (Å²) in [6.07, 6.45) is 1.81. The van der Waals surface area contributed by atoms with E-state index in [-0.39, 0.29) is 0 Å². The lowest BCUT2D eigenvalue weighted by molar-refractivity contribution is -0.0788. The Balaban J connectivity index is 2.29. The second-order valence-electron chi connectivity index (χ2n) is 3.84. The standard InChI is InChI=1S/C8H17NO/c1-6(2)7-3-8(10,4-7)5-9/h6-7,10H,3-5,9H2,1-2H3/t7-,8-. The van der Waals surface area contributed by atoms with Crippen LogP contribution in [0.15, 0.2) is 0 Å². The van der Waals surface area contributed by atoms with Crippen LogP contribution < -0.4 is 5.73 Å². The molecule has 0 bridgehead atoms. The fourth-order valence-electron chi connectivity index (χ4n) is 1.55. The van der Waals surface area contributed by atoms with E-state index in [2.05, 4.69) is 13.8 Å². The third kappa shape index (κ3) is 1.32. The number of aliphatic hydroxyl groups is 1. The second kappa shape index (κ2) is 2.51. The highest BCUT2D eigenvalue weighted by molar-refractivity contribution is 4.95. The molecule has 0 unspecified atom stereocenters. The molecule has 0 saturated heterocycles. The summed E-state index contributed by atoms with van der Waals surface area (Å²) in [5, 5.41) is 9.51. The van der Waals surface area contributed by atoms with E-state index in [1.165, 1.54) is 0 Å². The van der Waals surface area contributed by atoms with Crippen molar-refractivity contribution >= 4 is 0 Å². The average Bonchev–Trinajstić information content (AvgIpc) is 1.80. The lowest BCUT2D eigenvalue weighted by Crippen LogP contribution is -2.50. The molecule has 0 aromatic rings. The second-order valence-corrected chi connectivity index (χ2v) is 3.84. The van der Waals surface area contributed by atoms with Crippen LogP contribution in [0.3, 0.4) is 0 Å². The topological polar surface area (TPSA) is 46.2 Å².